The molecular weight excluding hydrogens is 194 g/mol. The Balaban J connectivity index is 4.85. The Kier molecular flexibility index (Phi) is 2.65. The maximum atomic E-state index is 11.9. The fourth-order valence-corrected chi connectivity index (χ4v) is 0.312. The maximum Gasteiger partial charge on any atom is 0.454 e. The van der Waals surface area contributed by atoms with E-state index in [1.165, 1.54) is 0 Å². The summed E-state index contributed by atoms with van der Waals surface area (Å²) in [5, 5.41) is 15.3. The summed E-state index contributed by atoms with van der Waals surface area (Å²) in [6.45, 7) is -2.43. The van der Waals surface area contributed by atoms with E-state index < -0.39 is 24.6 Å². The van der Waals surface area contributed by atoms with Crippen LogP contribution in [0, 0.1) is 0 Å². The van der Waals surface area contributed by atoms with Crippen LogP contribution in [0.4, 0.5) is 26.3 Å². The van der Waals surface area contributed by atoms with E-state index in [-0.39, 0.29) is 0 Å². The largest absolute Gasteiger partial charge is 0.454 e. The molecule has 0 fully saturated rings. The van der Waals surface area contributed by atoms with Crippen molar-refractivity contribution >= 4 is 0 Å². The van der Waals surface area contributed by atoms with E-state index in [1.54, 1.807) is 0 Å². The minimum absolute atomic E-state index is 2.43. The standard InChI is InChI=1S/C4H4F6O2/c5-2(6,1-11)3(7,12)4(8,9)10/h11-12H,1H2. The molecule has 0 spiro atoms. The van der Waals surface area contributed by atoms with Crippen LogP contribution in [0.1, 0.15) is 0 Å². The molecule has 0 heterocycles. The summed E-state index contributed by atoms with van der Waals surface area (Å²) in [7, 11) is 0. The third kappa shape index (κ3) is 1.63. The van der Waals surface area contributed by atoms with Crippen LogP contribution in [0.5, 0.6) is 0 Å². The summed E-state index contributed by atoms with van der Waals surface area (Å²) in [5.41, 5.74) is 0. The molecule has 0 rings (SSSR count). The zero-order chi connectivity index (χ0) is 10.2. The van der Waals surface area contributed by atoms with E-state index in [0.29, 0.717) is 0 Å². The summed E-state index contributed by atoms with van der Waals surface area (Å²) in [6, 6.07) is 0. The van der Waals surface area contributed by atoms with Crippen molar-refractivity contribution in [3.63, 3.8) is 0 Å². The molecule has 0 aliphatic carbocycles. The average Bonchev–Trinajstić information content (AvgIpc) is 1.85. The van der Waals surface area contributed by atoms with E-state index in [4.69, 9.17) is 10.2 Å². The molecular formula is C4H4F6O2. The Morgan fingerprint density at radius 3 is 1.33 bits per heavy atom. The van der Waals surface area contributed by atoms with Crippen LogP contribution in [0.3, 0.4) is 0 Å². The van der Waals surface area contributed by atoms with Gasteiger partial charge in [-0.05, 0) is 0 Å². The molecule has 2 N–H and O–H groups in total. The Labute approximate surface area is 62.4 Å². The predicted octanol–water partition coefficient (Wildman–Crippen LogP) is 0.834. The van der Waals surface area contributed by atoms with E-state index in [1.807, 2.05) is 0 Å². The van der Waals surface area contributed by atoms with Gasteiger partial charge in [-0.2, -0.15) is 26.3 Å². The first kappa shape index (κ1) is 11.5. The van der Waals surface area contributed by atoms with Gasteiger partial charge in [-0.15, -0.1) is 0 Å². The number of hydrogen-bond donors (Lipinski definition) is 2. The van der Waals surface area contributed by atoms with Crippen molar-refractivity contribution in [2.75, 3.05) is 6.61 Å². The van der Waals surface area contributed by atoms with Crippen LogP contribution in [-0.4, -0.2) is 34.8 Å². The molecule has 8 heteroatoms. The van der Waals surface area contributed by atoms with E-state index in [0.717, 1.165) is 0 Å². The first-order valence-corrected chi connectivity index (χ1v) is 2.53. The lowest BCUT2D eigenvalue weighted by Crippen LogP contribution is -2.57. The van der Waals surface area contributed by atoms with Gasteiger partial charge in [0.05, 0.1) is 0 Å². The van der Waals surface area contributed by atoms with Crippen LogP contribution in [-0.2, 0) is 0 Å². The van der Waals surface area contributed by atoms with Gasteiger partial charge in [-0.1, -0.05) is 0 Å². The van der Waals surface area contributed by atoms with Gasteiger partial charge in [0, 0.05) is 0 Å². The van der Waals surface area contributed by atoms with Crippen molar-refractivity contribution < 1.29 is 36.6 Å². The van der Waals surface area contributed by atoms with E-state index >= 15 is 0 Å². The number of halogens is 6. The van der Waals surface area contributed by atoms with Crippen molar-refractivity contribution in [2.24, 2.45) is 0 Å². The molecule has 0 aromatic rings. The summed E-state index contributed by atoms with van der Waals surface area (Å²) in [4.78, 5) is 0. The smallest absolute Gasteiger partial charge is 0.390 e. The molecule has 0 aliphatic rings. The molecule has 0 aromatic heterocycles. The van der Waals surface area contributed by atoms with Crippen LogP contribution in [0.2, 0.25) is 0 Å². The van der Waals surface area contributed by atoms with Gasteiger partial charge in [-0.3, -0.25) is 0 Å². The molecule has 0 aliphatic heterocycles. The normalized spacial score (nSPS) is 19.0. The molecule has 74 valence electrons. The number of aliphatic hydroxyl groups excluding tert-OH is 1. The quantitative estimate of drug-likeness (QED) is 0.645. The number of alkyl halides is 6. The van der Waals surface area contributed by atoms with Gasteiger partial charge in [0.25, 0.3) is 0 Å². The molecule has 12 heavy (non-hydrogen) atoms. The van der Waals surface area contributed by atoms with Gasteiger partial charge in [0.15, 0.2) is 0 Å². The van der Waals surface area contributed by atoms with Crippen LogP contribution in [0.25, 0.3) is 0 Å². The van der Waals surface area contributed by atoms with Gasteiger partial charge >= 0.3 is 18.0 Å². The minimum atomic E-state index is -6.14. The molecule has 0 saturated carbocycles. The Morgan fingerprint density at radius 2 is 1.25 bits per heavy atom. The Morgan fingerprint density at radius 1 is 0.917 bits per heavy atom. The lowest BCUT2D eigenvalue weighted by atomic mass is 10.1. The Bertz CT molecular complexity index is 161. The number of rotatable bonds is 2. The second-order valence-electron chi connectivity index (χ2n) is 1.98. The lowest BCUT2D eigenvalue weighted by Gasteiger charge is -2.28. The Hall–Kier alpha value is -0.500. The van der Waals surface area contributed by atoms with Gasteiger partial charge in [-0.25, -0.2) is 0 Å². The zero-order valence-corrected chi connectivity index (χ0v) is 5.37. The van der Waals surface area contributed by atoms with Crippen molar-refractivity contribution in [1.29, 1.82) is 0 Å². The monoisotopic (exact) mass is 198 g/mol. The van der Waals surface area contributed by atoms with Gasteiger partial charge < -0.3 is 10.2 Å². The first-order valence-electron chi connectivity index (χ1n) is 2.53. The number of hydrogen-bond acceptors (Lipinski definition) is 2. The number of aliphatic hydroxyl groups is 2. The first-order chi connectivity index (χ1) is 5.06. The topological polar surface area (TPSA) is 40.5 Å². The third-order valence-electron chi connectivity index (χ3n) is 1.06. The highest BCUT2D eigenvalue weighted by molar-refractivity contribution is 4.89. The van der Waals surface area contributed by atoms with Crippen molar-refractivity contribution in [3.05, 3.63) is 0 Å². The van der Waals surface area contributed by atoms with Crippen molar-refractivity contribution in [3.8, 4) is 0 Å². The van der Waals surface area contributed by atoms with Gasteiger partial charge in [0.1, 0.15) is 6.61 Å². The zero-order valence-electron chi connectivity index (χ0n) is 5.37. The summed E-state index contributed by atoms with van der Waals surface area (Å²) in [6.07, 6.45) is -6.14. The van der Waals surface area contributed by atoms with Crippen molar-refractivity contribution in [2.45, 2.75) is 18.0 Å². The van der Waals surface area contributed by atoms with Crippen LogP contribution in [0.15, 0.2) is 0 Å². The highest BCUT2D eigenvalue weighted by Crippen LogP contribution is 2.42. The fraction of sp³-hybridized carbons (Fsp3) is 1.00. The lowest BCUT2D eigenvalue weighted by molar-refractivity contribution is -0.389. The molecule has 1 atom stereocenters. The molecule has 0 aromatic carbocycles. The summed E-state index contributed by atoms with van der Waals surface area (Å²) < 4.78 is 69.5. The highest BCUT2D eigenvalue weighted by Gasteiger charge is 2.70. The molecule has 2 nitrogen and oxygen atoms in total. The maximum absolute atomic E-state index is 11.9. The molecule has 0 amide bonds. The molecule has 0 radical (unpaired) electrons. The summed E-state index contributed by atoms with van der Waals surface area (Å²) >= 11 is 0. The van der Waals surface area contributed by atoms with Gasteiger partial charge in [0.2, 0.25) is 0 Å². The summed E-state index contributed by atoms with van der Waals surface area (Å²) in [5.74, 6) is -11.0. The minimum Gasteiger partial charge on any atom is -0.390 e. The predicted molar refractivity (Wildman–Crippen MR) is 24.1 cm³/mol. The molecule has 0 saturated heterocycles. The molecule has 1 unspecified atom stereocenters. The van der Waals surface area contributed by atoms with E-state index in [2.05, 4.69) is 0 Å². The van der Waals surface area contributed by atoms with Crippen LogP contribution >= 0.6 is 0 Å². The highest BCUT2D eigenvalue weighted by atomic mass is 19.4. The second-order valence-corrected chi connectivity index (χ2v) is 1.98. The second kappa shape index (κ2) is 2.77. The van der Waals surface area contributed by atoms with Crippen LogP contribution < -0.4 is 0 Å². The third-order valence-corrected chi connectivity index (χ3v) is 1.06. The SMILES string of the molecule is OCC(F)(F)C(O)(F)C(F)(F)F. The van der Waals surface area contributed by atoms with Crippen molar-refractivity contribution in [1.82, 2.24) is 0 Å². The average molecular weight is 198 g/mol. The molecule has 0 bridgehead atoms. The van der Waals surface area contributed by atoms with E-state index in [9.17, 15) is 26.3 Å². The fourth-order valence-electron chi connectivity index (χ4n) is 0.312.